The Balaban J connectivity index is 1.85. The molecule has 2 aliphatic rings. The van der Waals surface area contributed by atoms with Gasteiger partial charge in [0.15, 0.2) is 11.5 Å². The Labute approximate surface area is 150 Å². The van der Waals surface area contributed by atoms with Crippen molar-refractivity contribution >= 4 is 24.2 Å². The molecule has 7 heteroatoms. The minimum Gasteiger partial charge on any atom is -0.454 e. The van der Waals surface area contributed by atoms with E-state index in [1.807, 2.05) is 31.2 Å². The summed E-state index contributed by atoms with van der Waals surface area (Å²) in [7, 11) is 0. The molecule has 2 aromatic carbocycles. The molecule has 2 aromatic rings. The van der Waals surface area contributed by atoms with Crippen LogP contribution in [0, 0.1) is 0 Å². The van der Waals surface area contributed by atoms with Crippen molar-refractivity contribution in [1.29, 1.82) is 0 Å². The SMILES string of the molecule is CC1Cc2cc3c(cc2C(c2ccc(NC=O)cc2)=NN1C=O)OCO3. The Morgan fingerprint density at radius 2 is 1.88 bits per heavy atom. The second-order valence-corrected chi connectivity index (χ2v) is 6.19. The topological polar surface area (TPSA) is 80.2 Å². The second-order valence-electron chi connectivity index (χ2n) is 6.19. The van der Waals surface area contributed by atoms with E-state index in [9.17, 15) is 9.59 Å². The number of amides is 2. The third-order valence-electron chi connectivity index (χ3n) is 4.53. The Morgan fingerprint density at radius 3 is 2.58 bits per heavy atom. The average Bonchev–Trinajstić information content (AvgIpc) is 3.05. The van der Waals surface area contributed by atoms with Crippen molar-refractivity contribution in [3.8, 4) is 11.5 Å². The molecule has 0 saturated carbocycles. The van der Waals surface area contributed by atoms with Crippen molar-refractivity contribution in [2.45, 2.75) is 19.4 Å². The molecule has 0 saturated heterocycles. The van der Waals surface area contributed by atoms with E-state index in [4.69, 9.17) is 9.47 Å². The monoisotopic (exact) mass is 351 g/mol. The molecule has 2 heterocycles. The molecule has 0 aromatic heterocycles. The quantitative estimate of drug-likeness (QED) is 0.856. The minimum atomic E-state index is -0.0832. The molecule has 1 N–H and O–H groups in total. The predicted molar refractivity (Wildman–Crippen MR) is 95.4 cm³/mol. The Hall–Kier alpha value is -3.35. The molecule has 1 unspecified atom stereocenters. The fraction of sp³-hybridized carbons (Fsp3) is 0.211. The maximum atomic E-state index is 11.5. The molecular weight excluding hydrogens is 334 g/mol. The van der Waals surface area contributed by atoms with E-state index in [0.717, 1.165) is 23.1 Å². The number of hydrogen-bond donors (Lipinski definition) is 1. The number of ether oxygens (including phenoxy) is 2. The van der Waals surface area contributed by atoms with Gasteiger partial charge >= 0.3 is 0 Å². The van der Waals surface area contributed by atoms with Crippen molar-refractivity contribution in [3.63, 3.8) is 0 Å². The van der Waals surface area contributed by atoms with E-state index in [2.05, 4.69) is 10.4 Å². The van der Waals surface area contributed by atoms with Crippen LogP contribution in [0.1, 0.15) is 23.6 Å². The van der Waals surface area contributed by atoms with E-state index in [0.29, 0.717) is 35.7 Å². The fourth-order valence-electron chi connectivity index (χ4n) is 3.19. The van der Waals surface area contributed by atoms with Gasteiger partial charge in [0.05, 0.1) is 11.8 Å². The standard InChI is InChI=1S/C19H17N3O4/c1-12-6-14-7-17-18(26-11-25-17)8-16(14)19(21-22(12)10-24)13-2-4-15(5-3-13)20-9-23/h2-5,7-10,12H,6,11H2,1H3,(H,20,23). The van der Waals surface area contributed by atoms with Crippen LogP contribution < -0.4 is 14.8 Å². The highest BCUT2D eigenvalue weighted by Crippen LogP contribution is 2.37. The van der Waals surface area contributed by atoms with E-state index in [1.165, 1.54) is 5.01 Å². The zero-order valence-corrected chi connectivity index (χ0v) is 14.1. The first-order valence-electron chi connectivity index (χ1n) is 8.25. The summed E-state index contributed by atoms with van der Waals surface area (Å²) in [4.78, 5) is 22.1. The van der Waals surface area contributed by atoms with Crippen LogP contribution in [-0.4, -0.2) is 36.4 Å². The molecule has 0 spiro atoms. The van der Waals surface area contributed by atoms with Gasteiger partial charge in [0, 0.05) is 16.8 Å². The predicted octanol–water partition coefficient (Wildman–Crippen LogP) is 2.14. The van der Waals surface area contributed by atoms with Gasteiger partial charge in [-0.3, -0.25) is 9.59 Å². The molecule has 1 atom stereocenters. The normalized spacial score (nSPS) is 17.8. The van der Waals surface area contributed by atoms with Crippen LogP contribution >= 0.6 is 0 Å². The van der Waals surface area contributed by atoms with Gasteiger partial charge in [0.2, 0.25) is 19.6 Å². The lowest BCUT2D eigenvalue weighted by Crippen LogP contribution is -2.28. The molecule has 4 rings (SSSR count). The number of nitrogens with zero attached hydrogens (tertiary/aromatic N) is 2. The van der Waals surface area contributed by atoms with Gasteiger partial charge < -0.3 is 14.8 Å². The van der Waals surface area contributed by atoms with E-state index >= 15 is 0 Å². The Kier molecular flexibility index (Phi) is 4.04. The zero-order chi connectivity index (χ0) is 18.1. The van der Waals surface area contributed by atoms with Gasteiger partial charge in [-0.2, -0.15) is 5.10 Å². The molecule has 26 heavy (non-hydrogen) atoms. The number of rotatable bonds is 4. The number of hydrazone groups is 1. The number of nitrogens with one attached hydrogen (secondary N) is 1. The van der Waals surface area contributed by atoms with E-state index in [1.54, 1.807) is 12.1 Å². The second kappa shape index (κ2) is 6.51. The van der Waals surface area contributed by atoms with E-state index < -0.39 is 0 Å². The average molecular weight is 351 g/mol. The van der Waals surface area contributed by atoms with Crippen molar-refractivity contribution in [2.24, 2.45) is 5.10 Å². The van der Waals surface area contributed by atoms with Crippen LogP contribution in [0.4, 0.5) is 5.69 Å². The van der Waals surface area contributed by atoms with Crippen molar-refractivity contribution in [2.75, 3.05) is 12.1 Å². The lowest BCUT2D eigenvalue weighted by atomic mass is 9.94. The molecule has 0 fully saturated rings. The third-order valence-corrected chi connectivity index (χ3v) is 4.53. The maximum Gasteiger partial charge on any atom is 0.231 e. The van der Waals surface area contributed by atoms with Crippen LogP contribution in [0.15, 0.2) is 41.5 Å². The molecule has 2 amide bonds. The van der Waals surface area contributed by atoms with Gasteiger partial charge in [-0.15, -0.1) is 0 Å². The first-order valence-corrected chi connectivity index (χ1v) is 8.25. The van der Waals surface area contributed by atoms with Gasteiger partial charge in [-0.05, 0) is 43.2 Å². The molecule has 132 valence electrons. The first-order chi connectivity index (χ1) is 12.7. The highest BCUT2D eigenvalue weighted by atomic mass is 16.7. The van der Waals surface area contributed by atoms with Crippen LogP contribution in [0.2, 0.25) is 0 Å². The van der Waals surface area contributed by atoms with Gasteiger partial charge in [-0.1, -0.05) is 12.1 Å². The van der Waals surface area contributed by atoms with Crippen LogP contribution in [-0.2, 0) is 16.0 Å². The van der Waals surface area contributed by atoms with Crippen molar-refractivity contribution in [3.05, 3.63) is 53.1 Å². The number of fused-ring (bicyclic) bond motifs is 2. The number of benzene rings is 2. The van der Waals surface area contributed by atoms with Gasteiger partial charge in [-0.25, -0.2) is 5.01 Å². The molecule has 0 radical (unpaired) electrons. The molecule has 0 aliphatic carbocycles. The fourth-order valence-corrected chi connectivity index (χ4v) is 3.19. The molecule has 7 nitrogen and oxygen atoms in total. The summed E-state index contributed by atoms with van der Waals surface area (Å²) in [6.07, 6.45) is 2.02. The summed E-state index contributed by atoms with van der Waals surface area (Å²) in [5, 5.41) is 8.62. The molecular formula is C19H17N3O4. The summed E-state index contributed by atoms with van der Waals surface area (Å²) in [6.45, 7) is 2.15. The van der Waals surface area contributed by atoms with Crippen molar-refractivity contribution in [1.82, 2.24) is 5.01 Å². The smallest absolute Gasteiger partial charge is 0.231 e. The maximum absolute atomic E-state index is 11.5. The number of anilines is 1. The first kappa shape index (κ1) is 16.1. The van der Waals surface area contributed by atoms with Gasteiger partial charge in [0.1, 0.15) is 0 Å². The lowest BCUT2D eigenvalue weighted by Gasteiger charge is -2.17. The lowest BCUT2D eigenvalue weighted by molar-refractivity contribution is -0.119. The van der Waals surface area contributed by atoms with Crippen molar-refractivity contribution < 1.29 is 19.1 Å². The third kappa shape index (κ3) is 2.77. The van der Waals surface area contributed by atoms with E-state index in [-0.39, 0.29) is 12.8 Å². The molecule has 0 bridgehead atoms. The Bertz CT molecular complexity index is 892. The summed E-state index contributed by atoms with van der Waals surface area (Å²) in [5.74, 6) is 1.38. The van der Waals surface area contributed by atoms with Crippen LogP contribution in [0.5, 0.6) is 11.5 Å². The summed E-state index contributed by atoms with van der Waals surface area (Å²) in [5.41, 5.74) is 4.14. The van der Waals surface area contributed by atoms with Crippen LogP contribution in [0.25, 0.3) is 0 Å². The summed E-state index contributed by atoms with van der Waals surface area (Å²) in [6, 6.07) is 11.1. The zero-order valence-electron chi connectivity index (χ0n) is 14.1. The number of hydrogen-bond acceptors (Lipinski definition) is 5. The van der Waals surface area contributed by atoms with Gasteiger partial charge in [0.25, 0.3) is 0 Å². The van der Waals surface area contributed by atoms with Crippen LogP contribution in [0.3, 0.4) is 0 Å². The summed E-state index contributed by atoms with van der Waals surface area (Å²) < 4.78 is 11.0. The number of carbonyl (C=O) groups is 2. The Morgan fingerprint density at radius 1 is 1.15 bits per heavy atom. The highest BCUT2D eigenvalue weighted by Gasteiger charge is 2.26. The highest BCUT2D eigenvalue weighted by molar-refractivity contribution is 6.14. The molecule has 2 aliphatic heterocycles. The number of carbonyl (C=O) groups excluding carboxylic acids is 2. The summed E-state index contributed by atoms with van der Waals surface area (Å²) >= 11 is 0. The largest absolute Gasteiger partial charge is 0.454 e. The minimum absolute atomic E-state index is 0.0832.